The van der Waals surface area contributed by atoms with Gasteiger partial charge in [0, 0.05) is 44.1 Å². The van der Waals surface area contributed by atoms with Gasteiger partial charge in [0.2, 0.25) is 5.67 Å². The summed E-state index contributed by atoms with van der Waals surface area (Å²) in [5, 5.41) is 8.77. The van der Waals surface area contributed by atoms with E-state index in [2.05, 4.69) is 0 Å². The standard InChI is InChI=1S/C32H39F4N3O3/c1-30(2,3)39-20-27(23-7-10-25(41-4)11-8-23)31(33,21-39)29(40)38-16-13-22(14-17-38)26-12-9-24(32(34,35)36)19-28(26)42-18-6-5-15-37/h7-12,19,22,27H,5-6,13-14,16-18,20-21H2,1-4H3/t27-,31-/m0/s1. The molecule has 6 nitrogen and oxygen atoms in total. The van der Waals surface area contributed by atoms with E-state index < -0.39 is 29.2 Å². The van der Waals surface area contributed by atoms with Crippen LogP contribution in [-0.2, 0) is 11.0 Å². The van der Waals surface area contributed by atoms with E-state index in [1.165, 1.54) is 6.07 Å². The molecule has 2 fully saturated rings. The van der Waals surface area contributed by atoms with E-state index >= 15 is 4.39 Å². The SMILES string of the molecule is COc1ccc([C@@H]2CN(C(C)(C)C)C[C@@]2(F)C(=O)N2CCC(c3ccc(C(F)(F)F)cc3OCCCC#N)CC2)cc1. The summed E-state index contributed by atoms with van der Waals surface area (Å²) >= 11 is 0. The number of piperidine rings is 1. The highest BCUT2D eigenvalue weighted by atomic mass is 19.4. The Bertz CT molecular complexity index is 1280. The average molecular weight is 590 g/mol. The van der Waals surface area contributed by atoms with E-state index in [1.807, 2.05) is 43.9 Å². The third-order valence-electron chi connectivity index (χ3n) is 8.45. The van der Waals surface area contributed by atoms with E-state index in [1.54, 1.807) is 24.1 Å². The molecule has 10 heteroatoms. The number of unbranched alkanes of at least 4 members (excludes halogenated alkanes) is 1. The van der Waals surface area contributed by atoms with E-state index in [9.17, 15) is 18.0 Å². The first-order valence-electron chi connectivity index (χ1n) is 14.4. The predicted molar refractivity (Wildman–Crippen MR) is 151 cm³/mol. The second-order valence-corrected chi connectivity index (χ2v) is 12.2. The van der Waals surface area contributed by atoms with Crippen LogP contribution in [0.5, 0.6) is 11.5 Å². The van der Waals surface area contributed by atoms with Crippen LogP contribution in [-0.4, -0.2) is 66.8 Å². The minimum atomic E-state index is -4.52. The van der Waals surface area contributed by atoms with Crippen molar-refractivity contribution in [2.75, 3.05) is 39.9 Å². The Morgan fingerprint density at radius 3 is 2.33 bits per heavy atom. The molecule has 2 atom stereocenters. The third-order valence-corrected chi connectivity index (χ3v) is 8.45. The lowest BCUT2D eigenvalue weighted by molar-refractivity contribution is -0.145. The van der Waals surface area contributed by atoms with Crippen molar-refractivity contribution < 1.29 is 31.8 Å². The number of halogens is 4. The molecular formula is C32H39F4N3O3. The molecule has 2 aromatic rings. The van der Waals surface area contributed by atoms with Crippen molar-refractivity contribution in [1.82, 2.24) is 9.80 Å². The van der Waals surface area contributed by atoms with Crippen molar-refractivity contribution in [2.45, 2.75) is 75.7 Å². The highest BCUT2D eigenvalue weighted by molar-refractivity contribution is 5.87. The van der Waals surface area contributed by atoms with Gasteiger partial charge in [0.1, 0.15) is 11.5 Å². The van der Waals surface area contributed by atoms with Crippen LogP contribution in [0.3, 0.4) is 0 Å². The van der Waals surface area contributed by atoms with Crippen LogP contribution >= 0.6 is 0 Å². The zero-order valence-electron chi connectivity index (χ0n) is 24.6. The molecule has 0 radical (unpaired) electrons. The van der Waals surface area contributed by atoms with E-state index in [0.29, 0.717) is 37.1 Å². The molecule has 0 aliphatic carbocycles. The minimum Gasteiger partial charge on any atom is -0.497 e. The molecular weight excluding hydrogens is 550 g/mol. The zero-order chi connectivity index (χ0) is 30.7. The molecule has 0 aromatic heterocycles. The first-order chi connectivity index (χ1) is 19.8. The number of methoxy groups -OCH3 is 1. The molecule has 0 spiro atoms. The highest BCUT2D eigenvalue weighted by Crippen LogP contribution is 2.45. The number of hydrogen-bond acceptors (Lipinski definition) is 5. The Balaban J connectivity index is 1.52. The van der Waals surface area contributed by atoms with Crippen LogP contribution in [0.2, 0.25) is 0 Å². The lowest BCUT2D eigenvalue weighted by atomic mass is 9.83. The molecule has 0 saturated carbocycles. The summed E-state index contributed by atoms with van der Waals surface area (Å²) in [6.45, 7) is 7.08. The van der Waals surface area contributed by atoms with Crippen LogP contribution in [0, 0.1) is 11.3 Å². The van der Waals surface area contributed by atoms with Crippen LogP contribution in [0.15, 0.2) is 42.5 Å². The Hall–Kier alpha value is -3.32. The van der Waals surface area contributed by atoms with Crippen LogP contribution < -0.4 is 9.47 Å². The topological polar surface area (TPSA) is 65.8 Å². The maximum absolute atomic E-state index is 17.0. The van der Waals surface area contributed by atoms with Crippen LogP contribution in [0.1, 0.15) is 75.0 Å². The normalized spacial score (nSPS) is 22.2. The molecule has 2 aromatic carbocycles. The van der Waals surface area contributed by atoms with Gasteiger partial charge >= 0.3 is 6.18 Å². The van der Waals surface area contributed by atoms with Gasteiger partial charge in [-0.05, 0) is 81.3 Å². The van der Waals surface area contributed by atoms with Crippen molar-refractivity contribution in [3.63, 3.8) is 0 Å². The fourth-order valence-corrected chi connectivity index (χ4v) is 5.91. The first-order valence-corrected chi connectivity index (χ1v) is 14.4. The summed E-state index contributed by atoms with van der Waals surface area (Å²) in [5.41, 5.74) is -1.90. The number of benzene rings is 2. The van der Waals surface area contributed by atoms with Crippen molar-refractivity contribution in [3.8, 4) is 17.6 Å². The summed E-state index contributed by atoms with van der Waals surface area (Å²) in [6.07, 6.45) is -2.93. The number of alkyl halides is 4. The lowest BCUT2D eigenvalue weighted by Crippen LogP contribution is -2.53. The fraction of sp³-hybridized carbons (Fsp3) is 0.562. The largest absolute Gasteiger partial charge is 0.497 e. The monoisotopic (exact) mass is 589 g/mol. The number of carbonyl (C=O) groups is 1. The fourth-order valence-electron chi connectivity index (χ4n) is 5.91. The van der Waals surface area contributed by atoms with E-state index in [4.69, 9.17) is 14.7 Å². The molecule has 2 heterocycles. The van der Waals surface area contributed by atoms with E-state index in [-0.39, 0.29) is 49.9 Å². The van der Waals surface area contributed by atoms with Gasteiger partial charge in [0.05, 0.1) is 25.3 Å². The minimum absolute atomic E-state index is 0.0223. The summed E-state index contributed by atoms with van der Waals surface area (Å²) < 4.78 is 68.2. The number of nitriles is 1. The Morgan fingerprint density at radius 2 is 1.76 bits per heavy atom. The van der Waals surface area contributed by atoms with Gasteiger partial charge in [-0.1, -0.05) is 18.2 Å². The van der Waals surface area contributed by atoms with Crippen molar-refractivity contribution in [1.29, 1.82) is 5.26 Å². The number of ether oxygens (including phenoxy) is 2. The molecule has 0 N–H and O–H groups in total. The number of rotatable bonds is 8. The second-order valence-electron chi connectivity index (χ2n) is 12.2. The number of nitrogens with zero attached hydrogens (tertiary/aromatic N) is 3. The highest BCUT2D eigenvalue weighted by Gasteiger charge is 2.57. The Morgan fingerprint density at radius 1 is 1.10 bits per heavy atom. The molecule has 42 heavy (non-hydrogen) atoms. The number of likely N-dealkylation sites (tertiary alicyclic amines) is 2. The molecule has 0 unspecified atom stereocenters. The maximum atomic E-state index is 17.0. The van der Waals surface area contributed by atoms with Gasteiger partial charge in [-0.15, -0.1) is 0 Å². The molecule has 0 bridgehead atoms. The Labute approximate surface area is 245 Å². The Kier molecular flexibility index (Phi) is 9.41. The molecule has 2 saturated heterocycles. The van der Waals surface area contributed by atoms with Gasteiger partial charge in [-0.2, -0.15) is 18.4 Å². The van der Waals surface area contributed by atoms with Gasteiger partial charge in [0.25, 0.3) is 5.91 Å². The second kappa shape index (κ2) is 12.5. The average Bonchev–Trinajstić information content (AvgIpc) is 3.33. The number of hydrogen-bond donors (Lipinski definition) is 0. The summed E-state index contributed by atoms with van der Waals surface area (Å²) in [4.78, 5) is 17.5. The quantitative estimate of drug-likeness (QED) is 0.253. The summed E-state index contributed by atoms with van der Waals surface area (Å²) in [5.74, 6) is -0.556. The van der Waals surface area contributed by atoms with Crippen molar-refractivity contribution in [3.05, 3.63) is 59.2 Å². The maximum Gasteiger partial charge on any atom is 0.416 e. The van der Waals surface area contributed by atoms with Gasteiger partial charge in [-0.3, -0.25) is 9.69 Å². The van der Waals surface area contributed by atoms with Crippen molar-refractivity contribution >= 4 is 5.91 Å². The smallest absolute Gasteiger partial charge is 0.416 e. The lowest BCUT2D eigenvalue weighted by Gasteiger charge is -2.38. The molecule has 1 amide bonds. The number of carbonyl (C=O) groups excluding carboxylic acids is 1. The predicted octanol–water partition coefficient (Wildman–Crippen LogP) is 6.71. The van der Waals surface area contributed by atoms with Crippen LogP contribution in [0.25, 0.3) is 0 Å². The summed E-state index contributed by atoms with van der Waals surface area (Å²) in [7, 11) is 1.56. The third kappa shape index (κ3) is 6.83. The molecule has 228 valence electrons. The first kappa shape index (κ1) is 31.6. The number of amides is 1. The molecule has 4 rings (SSSR count). The zero-order valence-corrected chi connectivity index (χ0v) is 24.6. The van der Waals surface area contributed by atoms with Gasteiger partial charge in [-0.25, -0.2) is 4.39 Å². The van der Waals surface area contributed by atoms with Gasteiger partial charge < -0.3 is 14.4 Å². The van der Waals surface area contributed by atoms with E-state index in [0.717, 1.165) is 17.7 Å². The van der Waals surface area contributed by atoms with Gasteiger partial charge in [0.15, 0.2) is 0 Å². The summed E-state index contributed by atoms with van der Waals surface area (Å²) in [6, 6.07) is 12.7. The van der Waals surface area contributed by atoms with Crippen molar-refractivity contribution in [2.24, 2.45) is 0 Å². The molecule has 2 aliphatic rings. The van der Waals surface area contributed by atoms with Crippen LogP contribution in [0.4, 0.5) is 17.6 Å². The molecule has 2 aliphatic heterocycles.